The summed E-state index contributed by atoms with van der Waals surface area (Å²) in [6, 6.07) is 11.3. The maximum Gasteiger partial charge on any atom is 0.259 e. The Balaban J connectivity index is 2.32. The van der Waals surface area contributed by atoms with Gasteiger partial charge in [-0.1, -0.05) is 28.1 Å². The maximum absolute atomic E-state index is 12.5. The number of anilines is 1. The van der Waals surface area contributed by atoms with Crippen LogP contribution in [-0.4, -0.2) is 12.5 Å². The predicted molar refractivity (Wildman–Crippen MR) is 89.2 cm³/mol. The topological polar surface area (TPSA) is 38.3 Å². The number of benzene rings is 2. The largest absolute Gasteiger partial charge is 0.493 e. The Kier molecular flexibility index (Phi) is 5.02. The lowest BCUT2D eigenvalue weighted by atomic mass is 10.1. The Bertz CT molecular complexity index is 668. The van der Waals surface area contributed by atoms with Crippen LogP contribution in [0.5, 0.6) is 5.75 Å². The molecule has 2 aromatic carbocycles. The number of hydrogen-bond donors (Lipinski definition) is 1. The third kappa shape index (κ3) is 3.64. The van der Waals surface area contributed by atoms with E-state index in [2.05, 4.69) is 21.2 Å². The van der Waals surface area contributed by atoms with Crippen LogP contribution in [0.4, 0.5) is 5.69 Å². The van der Waals surface area contributed by atoms with Crippen LogP contribution in [0.15, 0.2) is 40.9 Å². The Morgan fingerprint density at radius 2 is 2.00 bits per heavy atom. The van der Waals surface area contributed by atoms with Gasteiger partial charge in [0.15, 0.2) is 0 Å². The standard InChI is InChI=1S/C17H18BrNO2/c1-4-21-16-9-8-13(18)10-14(16)17(20)19-15-7-5-6-11(2)12(15)3/h5-10H,4H2,1-3H3,(H,19,20). The molecular formula is C17H18BrNO2. The molecule has 0 saturated heterocycles. The molecule has 21 heavy (non-hydrogen) atoms. The molecule has 0 aliphatic rings. The van der Waals surface area contributed by atoms with Crippen LogP contribution in [0.2, 0.25) is 0 Å². The lowest BCUT2D eigenvalue weighted by molar-refractivity contribution is 0.102. The molecule has 2 rings (SSSR count). The number of hydrogen-bond acceptors (Lipinski definition) is 2. The molecule has 0 heterocycles. The van der Waals surface area contributed by atoms with Gasteiger partial charge in [0, 0.05) is 10.2 Å². The fraction of sp³-hybridized carbons (Fsp3) is 0.235. The number of carbonyl (C=O) groups excluding carboxylic acids is 1. The third-order valence-electron chi connectivity index (χ3n) is 3.34. The van der Waals surface area contributed by atoms with Gasteiger partial charge in [-0.25, -0.2) is 0 Å². The maximum atomic E-state index is 12.5. The number of aryl methyl sites for hydroxylation is 1. The summed E-state index contributed by atoms with van der Waals surface area (Å²) >= 11 is 3.39. The molecule has 110 valence electrons. The van der Waals surface area contributed by atoms with Crippen molar-refractivity contribution >= 4 is 27.5 Å². The zero-order valence-corrected chi connectivity index (χ0v) is 14.0. The second-order valence-corrected chi connectivity index (χ2v) is 5.69. The fourth-order valence-electron chi connectivity index (χ4n) is 2.04. The van der Waals surface area contributed by atoms with Crippen LogP contribution in [0.3, 0.4) is 0 Å². The highest BCUT2D eigenvalue weighted by Gasteiger charge is 2.14. The van der Waals surface area contributed by atoms with Gasteiger partial charge in [0.1, 0.15) is 5.75 Å². The van der Waals surface area contributed by atoms with Crippen molar-refractivity contribution in [2.45, 2.75) is 20.8 Å². The Labute approximate surface area is 133 Å². The van der Waals surface area contributed by atoms with E-state index in [1.807, 2.05) is 45.0 Å². The third-order valence-corrected chi connectivity index (χ3v) is 3.83. The Hall–Kier alpha value is -1.81. The highest BCUT2D eigenvalue weighted by Crippen LogP contribution is 2.25. The quantitative estimate of drug-likeness (QED) is 0.868. The molecule has 0 spiro atoms. The SMILES string of the molecule is CCOc1ccc(Br)cc1C(=O)Nc1cccc(C)c1C. The molecule has 0 aliphatic heterocycles. The van der Waals surface area contributed by atoms with Crippen LogP contribution in [-0.2, 0) is 0 Å². The van der Waals surface area contributed by atoms with Gasteiger partial charge in [-0.3, -0.25) is 4.79 Å². The highest BCUT2D eigenvalue weighted by atomic mass is 79.9. The van der Waals surface area contributed by atoms with Gasteiger partial charge in [0.05, 0.1) is 12.2 Å². The van der Waals surface area contributed by atoms with Crippen LogP contribution >= 0.6 is 15.9 Å². The summed E-state index contributed by atoms with van der Waals surface area (Å²) < 4.78 is 6.37. The van der Waals surface area contributed by atoms with Gasteiger partial charge in [-0.15, -0.1) is 0 Å². The molecule has 0 unspecified atom stereocenters. The van der Waals surface area contributed by atoms with E-state index >= 15 is 0 Å². The molecule has 1 N–H and O–H groups in total. The predicted octanol–water partition coefficient (Wildman–Crippen LogP) is 4.72. The van der Waals surface area contributed by atoms with E-state index in [-0.39, 0.29) is 5.91 Å². The van der Waals surface area contributed by atoms with Crippen molar-refractivity contribution in [3.63, 3.8) is 0 Å². The minimum atomic E-state index is -0.173. The summed E-state index contributed by atoms with van der Waals surface area (Å²) in [6.45, 7) is 6.44. The molecule has 0 radical (unpaired) electrons. The molecule has 3 nitrogen and oxygen atoms in total. The Morgan fingerprint density at radius 3 is 2.71 bits per heavy atom. The van der Waals surface area contributed by atoms with Crippen molar-refractivity contribution in [1.29, 1.82) is 0 Å². The number of carbonyl (C=O) groups is 1. The van der Waals surface area contributed by atoms with E-state index in [4.69, 9.17) is 4.74 Å². The first kappa shape index (κ1) is 15.6. The lowest BCUT2D eigenvalue weighted by Gasteiger charge is -2.13. The van der Waals surface area contributed by atoms with Crippen molar-refractivity contribution in [2.24, 2.45) is 0 Å². The number of amides is 1. The van der Waals surface area contributed by atoms with Crippen molar-refractivity contribution < 1.29 is 9.53 Å². The first-order valence-corrected chi connectivity index (χ1v) is 7.62. The second kappa shape index (κ2) is 6.76. The minimum Gasteiger partial charge on any atom is -0.493 e. The van der Waals surface area contributed by atoms with Crippen molar-refractivity contribution in [2.75, 3.05) is 11.9 Å². The number of ether oxygens (including phenoxy) is 1. The van der Waals surface area contributed by atoms with Crippen LogP contribution in [0.25, 0.3) is 0 Å². The summed E-state index contributed by atoms with van der Waals surface area (Å²) in [4.78, 5) is 12.5. The van der Waals surface area contributed by atoms with Crippen molar-refractivity contribution in [3.05, 3.63) is 57.6 Å². The number of halogens is 1. The van der Waals surface area contributed by atoms with E-state index < -0.39 is 0 Å². The zero-order valence-electron chi connectivity index (χ0n) is 12.4. The van der Waals surface area contributed by atoms with Gasteiger partial charge in [-0.05, 0) is 56.2 Å². The van der Waals surface area contributed by atoms with E-state index in [0.717, 1.165) is 21.3 Å². The molecule has 0 bridgehead atoms. The van der Waals surface area contributed by atoms with Gasteiger partial charge in [0.25, 0.3) is 5.91 Å². The Morgan fingerprint density at radius 1 is 1.24 bits per heavy atom. The first-order valence-electron chi connectivity index (χ1n) is 6.83. The monoisotopic (exact) mass is 347 g/mol. The molecule has 0 aliphatic carbocycles. The zero-order chi connectivity index (χ0) is 15.4. The molecule has 4 heteroatoms. The van der Waals surface area contributed by atoms with E-state index in [9.17, 15) is 4.79 Å². The molecule has 1 amide bonds. The average molecular weight is 348 g/mol. The van der Waals surface area contributed by atoms with Crippen LogP contribution in [0.1, 0.15) is 28.4 Å². The van der Waals surface area contributed by atoms with E-state index in [1.54, 1.807) is 12.1 Å². The second-order valence-electron chi connectivity index (χ2n) is 4.78. The fourth-order valence-corrected chi connectivity index (χ4v) is 2.40. The minimum absolute atomic E-state index is 0.173. The smallest absolute Gasteiger partial charge is 0.259 e. The number of nitrogens with one attached hydrogen (secondary N) is 1. The van der Waals surface area contributed by atoms with Crippen molar-refractivity contribution in [3.8, 4) is 5.75 Å². The molecular weight excluding hydrogens is 330 g/mol. The van der Waals surface area contributed by atoms with Gasteiger partial charge in [0.2, 0.25) is 0 Å². The van der Waals surface area contributed by atoms with Gasteiger partial charge < -0.3 is 10.1 Å². The van der Waals surface area contributed by atoms with E-state index in [0.29, 0.717) is 17.9 Å². The molecule has 0 aromatic heterocycles. The van der Waals surface area contributed by atoms with Crippen molar-refractivity contribution in [1.82, 2.24) is 0 Å². The molecule has 0 fully saturated rings. The summed E-state index contributed by atoms with van der Waals surface area (Å²) in [6.07, 6.45) is 0. The highest BCUT2D eigenvalue weighted by molar-refractivity contribution is 9.10. The molecule has 0 atom stereocenters. The van der Waals surface area contributed by atoms with E-state index in [1.165, 1.54) is 0 Å². The lowest BCUT2D eigenvalue weighted by Crippen LogP contribution is -2.14. The molecule has 2 aromatic rings. The summed E-state index contributed by atoms with van der Waals surface area (Å²) in [5.41, 5.74) is 3.56. The normalized spacial score (nSPS) is 10.3. The summed E-state index contributed by atoms with van der Waals surface area (Å²) in [5, 5.41) is 2.95. The van der Waals surface area contributed by atoms with Crippen LogP contribution < -0.4 is 10.1 Å². The average Bonchev–Trinajstić information content (AvgIpc) is 2.46. The summed E-state index contributed by atoms with van der Waals surface area (Å²) in [5.74, 6) is 0.414. The van der Waals surface area contributed by atoms with Gasteiger partial charge in [-0.2, -0.15) is 0 Å². The summed E-state index contributed by atoms with van der Waals surface area (Å²) in [7, 11) is 0. The number of rotatable bonds is 4. The van der Waals surface area contributed by atoms with Gasteiger partial charge >= 0.3 is 0 Å². The van der Waals surface area contributed by atoms with Crippen LogP contribution in [0, 0.1) is 13.8 Å². The first-order chi connectivity index (χ1) is 10.0. The molecule has 0 saturated carbocycles.